The van der Waals surface area contributed by atoms with E-state index < -0.39 is 4.92 Å². The van der Waals surface area contributed by atoms with E-state index in [0.717, 1.165) is 5.56 Å². The molecule has 0 heterocycles. The van der Waals surface area contributed by atoms with Crippen LogP contribution in [0.1, 0.15) is 13.0 Å². The highest BCUT2D eigenvalue weighted by Crippen LogP contribution is 2.10. The highest BCUT2D eigenvalue weighted by atomic mass is 35.5. The second-order valence-corrected chi connectivity index (χ2v) is 2.13. The largest absolute Gasteiger partial charge is 0.326 e. The van der Waals surface area contributed by atoms with Gasteiger partial charge < -0.3 is 5.73 Å². The van der Waals surface area contributed by atoms with Gasteiger partial charge in [0.25, 0.3) is 5.69 Å². The number of nitrogens with zero attached hydrogens (tertiary/aromatic N) is 1. The number of halogens is 1. The molecule has 13 heavy (non-hydrogen) atoms. The van der Waals surface area contributed by atoms with E-state index >= 15 is 0 Å². The van der Waals surface area contributed by atoms with Gasteiger partial charge in [-0.3, -0.25) is 10.1 Å². The van der Waals surface area contributed by atoms with Gasteiger partial charge >= 0.3 is 0 Å². The second kappa shape index (κ2) is 6.39. The third kappa shape index (κ3) is 3.87. The summed E-state index contributed by atoms with van der Waals surface area (Å²) < 4.78 is 0. The van der Waals surface area contributed by atoms with Gasteiger partial charge in [0.1, 0.15) is 0 Å². The van der Waals surface area contributed by atoms with Crippen LogP contribution in [0.3, 0.4) is 0 Å². The van der Waals surface area contributed by atoms with Crippen LogP contribution in [0, 0.1) is 10.1 Å². The lowest BCUT2D eigenvalue weighted by molar-refractivity contribution is -0.384. The van der Waals surface area contributed by atoms with Crippen LogP contribution >= 0.6 is 12.4 Å². The van der Waals surface area contributed by atoms with Crippen molar-refractivity contribution in [3.63, 3.8) is 0 Å². The summed E-state index contributed by atoms with van der Waals surface area (Å²) in [5.74, 6) is 0. The van der Waals surface area contributed by atoms with Crippen molar-refractivity contribution in [1.29, 1.82) is 0 Å². The number of nitro groups is 1. The standard InChI is InChI=1S/C7H8N2O2.CH4.ClH/c8-5-6-1-3-7(4-2-6)9(10)11;;/h1-4H,5,8H2;1H4;1H. The van der Waals surface area contributed by atoms with E-state index in [1.807, 2.05) is 0 Å². The van der Waals surface area contributed by atoms with Crippen molar-refractivity contribution in [3.8, 4) is 0 Å². The van der Waals surface area contributed by atoms with E-state index in [-0.39, 0.29) is 25.5 Å². The maximum atomic E-state index is 10.2. The van der Waals surface area contributed by atoms with Crippen LogP contribution in [-0.2, 0) is 6.54 Å². The minimum Gasteiger partial charge on any atom is -0.326 e. The molecule has 0 aliphatic carbocycles. The molecule has 2 N–H and O–H groups in total. The molecule has 0 amide bonds. The zero-order valence-corrected chi connectivity index (χ0v) is 7.08. The van der Waals surface area contributed by atoms with Gasteiger partial charge in [-0.05, 0) is 5.56 Å². The fourth-order valence-electron chi connectivity index (χ4n) is 0.754. The molecule has 1 aromatic carbocycles. The highest BCUT2D eigenvalue weighted by molar-refractivity contribution is 5.85. The molecule has 1 aromatic rings. The molecule has 5 heteroatoms. The normalized spacial score (nSPS) is 8.08. The van der Waals surface area contributed by atoms with Crippen molar-refractivity contribution in [2.24, 2.45) is 5.73 Å². The van der Waals surface area contributed by atoms with Crippen molar-refractivity contribution in [2.75, 3.05) is 0 Å². The molecule has 0 fully saturated rings. The molecule has 0 saturated carbocycles. The van der Waals surface area contributed by atoms with Gasteiger partial charge in [-0.25, -0.2) is 0 Å². The van der Waals surface area contributed by atoms with Crippen LogP contribution < -0.4 is 5.73 Å². The van der Waals surface area contributed by atoms with E-state index in [2.05, 4.69) is 0 Å². The number of hydrogen-bond donors (Lipinski definition) is 1. The van der Waals surface area contributed by atoms with Gasteiger partial charge in [-0.15, -0.1) is 12.4 Å². The van der Waals surface area contributed by atoms with E-state index in [4.69, 9.17) is 5.73 Å². The van der Waals surface area contributed by atoms with E-state index in [9.17, 15) is 10.1 Å². The summed E-state index contributed by atoms with van der Waals surface area (Å²) in [5, 5.41) is 10.2. The summed E-state index contributed by atoms with van der Waals surface area (Å²) in [6.45, 7) is 0.415. The molecule has 0 atom stereocenters. The SMILES string of the molecule is C.Cl.NCc1ccc([N+](=O)[O-])cc1. The average molecular weight is 205 g/mol. The number of rotatable bonds is 2. The molecule has 0 bridgehead atoms. The van der Waals surface area contributed by atoms with Crippen molar-refractivity contribution < 1.29 is 4.92 Å². The molecule has 1 rings (SSSR count). The van der Waals surface area contributed by atoms with Crippen LogP contribution in [0.25, 0.3) is 0 Å². The van der Waals surface area contributed by atoms with E-state index in [0.29, 0.717) is 6.54 Å². The summed E-state index contributed by atoms with van der Waals surface area (Å²) in [7, 11) is 0. The summed E-state index contributed by atoms with van der Waals surface area (Å²) in [5.41, 5.74) is 6.30. The predicted molar refractivity (Wildman–Crippen MR) is 55.0 cm³/mol. The maximum absolute atomic E-state index is 10.2. The van der Waals surface area contributed by atoms with Gasteiger partial charge in [0.15, 0.2) is 0 Å². The Morgan fingerprint density at radius 1 is 1.31 bits per heavy atom. The van der Waals surface area contributed by atoms with E-state index in [1.54, 1.807) is 12.1 Å². The molecule has 0 aromatic heterocycles. The Morgan fingerprint density at radius 2 is 1.77 bits per heavy atom. The van der Waals surface area contributed by atoms with Gasteiger partial charge in [0.05, 0.1) is 4.92 Å². The Balaban J connectivity index is 0. The van der Waals surface area contributed by atoms with Gasteiger partial charge in [0, 0.05) is 18.7 Å². The average Bonchev–Trinajstić information content (AvgIpc) is 2.05. The Bertz CT molecular complexity index is 261. The molecule has 74 valence electrons. The number of non-ortho nitro benzene ring substituents is 1. The molecule has 0 aliphatic heterocycles. The molecule has 0 unspecified atom stereocenters. The number of nitrogens with two attached hydrogens (primary N) is 1. The quantitative estimate of drug-likeness (QED) is 0.593. The van der Waals surface area contributed by atoms with Crippen LogP contribution in [-0.4, -0.2) is 4.92 Å². The molecule has 0 spiro atoms. The summed E-state index contributed by atoms with van der Waals surface area (Å²) in [6.07, 6.45) is 0. The Morgan fingerprint density at radius 3 is 2.08 bits per heavy atom. The van der Waals surface area contributed by atoms with Crippen molar-refractivity contribution in [1.82, 2.24) is 0 Å². The van der Waals surface area contributed by atoms with Crippen LogP contribution in [0.5, 0.6) is 0 Å². The van der Waals surface area contributed by atoms with Gasteiger partial charge in [-0.1, -0.05) is 19.6 Å². The first kappa shape index (κ1) is 14.4. The van der Waals surface area contributed by atoms with Crippen LogP contribution in [0.15, 0.2) is 24.3 Å². The zero-order valence-electron chi connectivity index (χ0n) is 6.27. The zero-order chi connectivity index (χ0) is 8.27. The lowest BCUT2D eigenvalue weighted by Gasteiger charge is -1.93. The summed E-state index contributed by atoms with van der Waals surface area (Å²) >= 11 is 0. The van der Waals surface area contributed by atoms with Crippen molar-refractivity contribution >= 4 is 18.1 Å². The van der Waals surface area contributed by atoms with E-state index in [1.165, 1.54) is 12.1 Å². The summed E-state index contributed by atoms with van der Waals surface area (Å²) in [4.78, 5) is 9.74. The third-order valence-electron chi connectivity index (χ3n) is 1.38. The minimum atomic E-state index is -0.430. The molecule has 0 saturated heterocycles. The fourth-order valence-corrected chi connectivity index (χ4v) is 0.754. The number of benzene rings is 1. The molecule has 0 aliphatic rings. The molecular weight excluding hydrogens is 192 g/mol. The van der Waals surface area contributed by atoms with Gasteiger partial charge in [0.2, 0.25) is 0 Å². The van der Waals surface area contributed by atoms with Crippen molar-refractivity contribution in [2.45, 2.75) is 14.0 Å². The minimum absolute atomic E-state index is 0. The molecular formula is C8H13ClN2O2. The first-order chi connectivity index (χ1) is 5.24. The number of nitro benzene ring substituents is 1. The van der Waals surface area contributed by atoms with Crippen LogP contribution in [0.2, 0.25) is 0 Å². The maximum Gasteiger partial charge on any atom is 0.269 e. The topological polar surface area (TPSA) is 69.2 Å². The van der Waals surface area contributed by atoms with Gasteiger partial charge in [-0.2, -0.15) is 0 Å². The Labute approximate surface area is 83.3 Å². The first-order valence-corrected chi connectivity index (χ1v) is 3.17. The highest BCUT2D eigenvalue weighted by Gasteiger charge is 2.01. The lowest BCUT2D eigenvalue weighted by Crippen LogP contribution is -1.96. The second-order valence-electron chi connectivity index (χ2n) is 2.13. The Kier molecular flexibility index (Phi) is 7.08. The monoisotopic (exact) mass is 204 g/mol. The Hall–Kier alpha value is -1.13. The fraction of sp³-hybridized carbons (Fsp3) is 0.250. The number of hydrogen-bond acceptors (Lipinski definition) is 3. The predicted octanol–water partition coefficient (Wildman–Crippen LogP) is 2.11. The molecule has 0 radical (unpaired) electrons. The first-order valence-electron chi connectivity index (χ1n) is 3.17. The lowest BCUT2D eigenvalue weighted by atomic mass is 10.2. The summed E-state index contributed by atoms with van der Waals surface area (Å²) in [6, 6.07) is 6.20. The third-order valence-corrected chi connectivity index (χ3v) is 1.38. The van der Waals surface area contributed by atoms with Crippen molar-refractivity contribution in [3.05, 3.63) is 39.9 Å². The molecule has 4 nitrogen and oxygen atoms in total. The van der Waals surface area contributed by atoms with Crippen LogP contribution in [0.4, 0.5) is 5.69 Å². The smallest absolute Gasteiger partial charge is 0.269 e.